The summed E-state index contributed by atoms with van der Waals surface area (Å²) in [5.74, 6) is -2.10. The molecule has 21 heavy (non-hydrogen) atoms. The molecule has 8 heteroatoms. The van der Waals surface area contributed by atoms with Crippen molar-refractivity contribution in [2.24, 2.45) is 5.92 Å². The highest BCUT2D eigenvalue weighted by Crippen LogP contribution is 2.20. The third-order valence-electron chi connectivity index (χ3n) is 3.79. The van der Waals surface area contributed by atoms with Crippen LogP contribution in [0.5, 0.6) is 0 Å². The van der Waals surface area contributed by atoms with Crippen LogP contribution in [-0.4, -0.2) is 66.1 Å². The Hall–Kier alpha value is -2.03. The van der Waals surface area contributed by atoms with Gasteiger partial charge in [0.2, 0.25) is 0 Å². The molecule has 8 nitrogen and oxygen atoms in total. The van der Waals surface area contributed by atoms with Gasteiger partial charge in [-0.3, -0.25) is 9.69 Å². The molecule has 3 N–H and O–H groups in total. The number of carbonyl (C=O) groups is 1. The summed E-state index contributed by atoms with van der Waals surface area (Å²) in [5, 5.41) is 32.8. The number of hydrogen-bond acceptors (Lipinski definition) is 6. The van der Waals surface area contributed by atoms with E-state index in [4.69, 9.17) is 5.11 Å². The highest BCUT2D eigenvalue weighted by atomic mass is 16.4. The molecular formula is C13H16N4O4. The van der Waals surface area contributed by atoms with Crippen LogP contribution in [0, 0.1) is 5.92 Å². The first-order valence-corrected chi connectivity index (χ1v) is 6.65. The van der Waals surface area contributed by atoms with Crippen LogP contribution in [0.25, 0.3) is 5.65 Å². The molecule has 1 aliphatic rings. The first-order chi connectivity index (χ1) is 10.1. The Bertz CT molecular complexity index is 658. The second-order valence-electron chi connectivity index (χ2n) is 5.24. The number of carboxylic acids is 1. The number of fused-ring (bicyclic) bond motifs is 1. The maximum Gasteiger partial charge on any atom is 0.310 e. The molecule has 1 aliphatic heterocycles. The third kappa shape index (κ3) is 2.60. The van der Waals surface area contributed by atoms with Crippen molar-refractivity contribution in [2.45, 2.75) is 18.8 Å². The summed E-state index contributed by atoms with van der Waals surface area (Å²) in [6, 6.07) is 5.55. The van der Waals surface area contributed by atoms with Crippen molar-refractivity contribution in [2.75, 3.05) is 13.1 Å². The zero-order valence-corrected chi connectivity index (χ0v) is 11.2. The number of hydrogen-bond donors (Lipinski definition) is 3. The van der Waals surface area contributed by atoms with Gasteiger partial charge in [0.1, 0.15) is 6.33 Å². The van der Waals surface area contributed by atoms with Gasteiger partial charge < -0.3 is 15.3 Å². The number of carboxylic acid groups (broad SMARTS) is 1. The molecule has 1 fully saturated rings. The Morgan fingerprint density at radius 3 is 2.90 bits per heavy atom. The van der Waals surface area contributed by atoms with Crippen LogP contribution in [-0.2, 0) is 11.3 Å². The van der Waals surface area contributed by atoms with E-state index < -0.39 is 24.1 Å². The maximum atomic E-state index is 11.2. The zero-order chi connectivity index (χ0) is 15.0. The van der Waals surface area contributed by atoms with Gasteiger partial charge in [0.15, 0.2) is 5.65 Å². The predicted molar refractivity (Wildman–Crippen MR) is 71.4 cm³/mol. The van der Waals surface area contributed by atoms with Gasteiger partial charge in [-0.2, -0.15) is 5.10 Å². The van der Waals surface area contributed by atoms with Crippen molar-refractivity contribution in [1.82, 2.24) is 19.5 Å². The van der Waals surface area contributed by atoms with Crippen LogP contribution in [0.3, 0.4) is 0 Å². The SMILES string of the molecule is O=C(O)C1CN(Cc2cccc3ncnn23)CC(O)C1O. The van der Waals surface area contributed by atoms with E-state index in [1.54, 1.807) is 9.42 Å². The topological polar surface area (TPSA) is 111 Å². The standard InChI is InChI=1S/C13H16N4O4/c18-10-6-16(5-9(12(10)19)13(20)21)4-8-2-1-3-11-14-7-15-17(8)11/h1-3,7,9-10,12,18-19H,4-6H2,(H,20,21). The summed E-state index contributed by atoms with van der Waals surface area (Å²) >= 11 is 0. The van der Waals surface area contributed by atoms with Crippen LogP contribution in [0.15, 0.2) is 24.5 Å². The molecule has 112 valence electrons. The summed E-state index contributed by atoms with van der Waals surface area (Å²) in [4.78, 5) is 17.0. The fourth-order valence-electron chi connectivity index (χ4n) is 2.70. The fourth-order valence-corrected chi connectivity index (χ4v) is 2.70. The van der Waals surface area contributed by atoms with Gasteiger partial charge in [-0.15, -0.1) is 0 Å². The van der Waals surface area contributed by atoms with Crippen LogP contribution in [0.2, 0.25) is 0 Å². The van der Waals surface area contributed by atoms with E-state index in [1.165, 1.54) is 6.33 Å². The van der Waals surface area contributed by atoms with Crippen molar-refractivity contribution < 1.29 is 20.1 Å². The zero-order valence-electron chi connectivity index (χ0n) is 11.2. The molecule has 0 saturated carbocycles. The van der Waals surface area contributed by atoms with Crippen molar-refractivity contribution >= 4 is 11.6 Å². The number of pyridine rings is 1. The van der Waals surface area contributed by atoms with Gasteiger partial charge in [0, 0.05) is 19.6 Å². The van der Waals surface area contributed by atoms with Crippen LogP contribution in [0.1, 0.15) is 5.69 Å². The smallest absolute Gasteiger partial charge is 0.310 e. The van der Waals surface area contributed by atoms with Crippen molar-refractivity contribution in [3.05, 3.63) is 30.2 Å². The summed E-state index contributed by atoms with van der Waals surface area (Å²) in [6.07, 6.45) is -0.857. The molecule has 0 aromatic carbocycles. The minimum atomic E-state index is -1.24. The molecule has 0 spiro atoms. The van der Waals surface area contributed by atoms with Crippen LogP contribution in [0.4, 0.5) is 0 Å². The third-order valence-corrected chi connectivity index (χ3v) is 3.79. The highest BCUT2D eigenvalue weighted by Gasteiger charge is 2.39. The monoisotopic (exact) mass is 292 g/mol. The molecule has 0 bridgehead atoms. The maximum absolute atomic E-state index is 11.2. The summed E-state index contributed by atoms with van der Waals surface area (Å²) in [7, 11) is 0. The molecular weight excluding hydrogens is 276 g/mol. The van der Waals surface area contributed by atoms with E-state index in [0.29, 0.717) is 12.2 Å². The molecule has 1 saturated heterocycles. The molecule has 3 unspecified atom stereocenters. The van der Waals surface area contributed by atoms with Gasteiger partial charge in [0.05, 0.1) is 23.8 Å². The van der Waals surface area contributed by atoms with E-state index in [2.05, 4.69) is 10.1 Å². The number of rotatable bonds is 3. The van der Waals surface area contributed by atoms with E-state index in [0.717, 1.165) is 5.69 Å². The lowest BCUT2D eigenvalue weighted by Crippen LogP contribution is -2.54. The molecule has 2 aromatic heterocycles. The average molecular weight is 292 g/mol. The normalized spacial score (nSPS) is 27.0. The largest absolute Gasteiger partial charge is 0.481 e. The lowest BCUT2D eigenvalue weighted by atomic mass is 9.92. The number of aliphatic carboxylic acids is 1. The highest BCUT2D eigenvalue weighted by molar-refractivity contribution is 5.71. The molecule has 3 atom stereocenters. The second kappa shape index (κ2) is 5.40. The Kier molecular flexibility index (Phi) is 3.58. The van der Waals surface area contributed by atoms with Gasteiger partial charge in [-0.25, -0.2) is 9.50 Å². The summed E-state index contributed by atoms with van der Waals surface area (Å²) in [5.41, 5.74) is 1.55. The summed E-state index contributed by atoms with van der Waals surface area (Å²) in [6.45, 7) is 0.822. The van der Waals surface area contributed by atoms with Gasteiger partial charge in [-0.05, 0) is 12.1 Å². The molecule has 0 amide bonds. The number of likely N-dealkylation sites (tertiary alicyclic amines) is 1. The number of aromatic nitrogens is 3. The summed E-state index contributed by atoms with van der Waals surface area (Å²) < 4.78 is 1.67. The van der Waals surface area contributed by atoms with Gasteiger partial charge >= 0.3 is 5.97 Å². The van der Waals surface area contributed by atoms with E-state index >= 15 is 0 Å². The Balaban J connectivity index is 1.81. The lowest BCUT2D eigenvalue weighted by molar-refractivity contribution is -0.156. The average Bonchev–Trinajstić information content (AvgIpc) is 2.91. The molecule has 3 rings (SSSR count). The van der Waals surface area contributed by atoms with E-state index in [-0.39, 0.29) is 13.1 Å². The lowest BCUT2D eigenvalue weighted by Gasteiger charge is -2.37. The first-order valence-electron chi connectivity index (χ1n) is 6.65. The van der Waals surface area contributed by atoms with Gasteiger partial charge in [-0.1, -0.05) is 6.07 Å². The molecule has 2 aromatic rings. The number of β-amino-alcohol motifs (C(OH)–C–C–N with tert-alkyl or cyclic N) is 1. The van der Waals surface area contributed by atoms with E-state index in [9.17, 15) is 15.0 Å². The molecule has 3 heterocycles. The van der Waals surface area contributed by atoms with Crippen molar-refractivity contribution in [3.8, 4) is 0 Å². The predicted octanol–water partition coefficient (Wildman–Crippen LogP) is -1.03. The van der Waals surface area contributed by atoms with Gasteiger partial charge in [0.25, 0.3) is 0 Å². The molecule has 0 aliphatic carbocycles. The number of nitrogens with zero attached hydrogens (tertiary/aromatic N) is 4. The van der Waals surface area contributed by atoms with Crippen molar-refractivity contribution in [1.29, 1.82) is 0 Å². The fraction of sp³-hybridized carbons (Fsp3) is 0.462. The second-order valence-corrected chi connectivity index (χ2v) is 5.24. The number of piperidine rings is 1. The van der Waals surface area contributed by atoms with Crippen LogP contribution >= 0.6 is 0 Å². The first kappa shape index (κ1) is 13.9. The van der Waals surface area contributed by atoms with E-state index in [1.807, 2.05) is 18.2 Å². The quantitative estimate of drug-likeness (QED) is 0.663. The van der Waals surface area contributed by atoms with Crippen LogP contribution < -0.4 is 0 Å². The minimum Gasteiger partial charge on any atom is -0.481 e. The number of aliphatic hydroxyl groups excluding tert-OH is 2. The number of aliphatic hydroxyl groups is 2. The Labute approximate surface area is 120 Å². The Morgan fingerprint density at radius 2 is 2.14 bits per heavy atom. The van der Waals surface area contributed by atoms with Crippen molar-refractivity contribution in [3.63, 3.8) is 0 Å². The minimum absolute atomic E-state index is 0.179. The Morgan fingerprint density at radius 1 is 1.33 bits per heavy atom. The molecule has 0 radical (unpaired) electrons.